The van der Waals surface area contributed by atoms with Crippen molar-refractivity contribution in [2.45, 2.75) is 10.1 Å². The van der Waals surface area contributed by atoms with Crippen LogP contribution in [-0.4, -0.2) is 13.4 Å². The predicted molar refractivity (Wildman–Crippen MR) is 48.4 cm³/mol. The lowest BCUT2D eigenvalue weighted by molar-refractivity contribution is 0.430. The first-order chi connectivity index (χ1) is 7.10. The molecule has 6 heteroatoms. The summed E-state index contributed by atoms with van der Waals surface area (Å²) in [4.78, 5) is 3.49. The van der Waals surface area contributed by atoms with Gasteiger partial charge in [-0.1, -0.05) is 0 Å². The van der Waals surface area contributed by atoms with E-state index in [1.165, 1.54) is 6.20 Å². The zero-order valence-corrected chi connectivity index (χ0v) is 8.24. The fourth-order valence-electron chi connectivity index (χ4n) is 1.06. The number of halogens is 1. The molecule has 4 nitrogen and oxygen atoms in total. The average molecular weight is 227 g/mol. The van der Waals surface area contributed by atoms with Crippen molar-refractivity contribution in [3.8, 4) is 0 Å². The van der Waals surface area contributed by atoms with Gasteiger partial charge in [-0.2, -0.15) is 0 Å². The molecule has 0 N–H and O–H groups in total. The normalized spacial score (nSPS) is 11.5. The van der Waals surface area contributed by atoms with Crippen molar-refractivity contribution in [1.29, 1.82) is 0 Å². The Balaban J connectivity index is 2.52. The molecule has 0 aliphatic carbocycles. The molecule has 0 aliphatic heterocycles. The Morgan fingerprint density at radius 2 is 1.87 bits per heavy atom. The van der Waals surface area contributed by atoms with Crippen LogP contribution in [0, 0.1) is 5.82 Å². The number of nitrogens with zero attached hydrogens (tertiary/aromatic N) is 1. The van der Waals surface area contributed by atoms with Gasteiger partial charge in [0.25, 0.3) is 9.84 Å². The minimum atomic E-state index is -3.76. The molecular weight excluding hydrogens is 221 g/mol. The van der Waals surface area contributed by atoms with E-state index in [2.05, 4.69) is 4.98 Å². The standard InChI is InChI=1S/C9H6FNO3S/c10-7-1-3-8(4-2-7)15(12,13)9-11-5-6-14-9/h1-6H. The Morgan fingerprint density at radius 1 is 1.20 bits per heavy atom. The van der Waals surface area contributed by atoms with Crippen molar-refractivity contribution in [2.75, 3.05) is 0 Å². The van der Waals surface area contributed by atoms with Crippen LogP contribution in [0.5, 0.6) is 0 Å². The van der Waals surface area contributed by atoms with Gasteiger partial charge in [0.05, 0.1) is 11.1 Å². The molecule has 0 bridgehead atoms. The van der Waals surface area contributed by atoms with Gasteiger partial charge in [0.1, 0.15) is 12.1 Å². The van der Waals surface area contributed by atoms with Gasteiger partial charge in [0.2, 0.25) is 0 Å². The first kappa shape index (κ1) is 9.85. The third kappa shape index (κ3) is 1.75. The van der Waals surface area contributed by atoms with Crippen LogP contribution in [0.1, 0.15) is 0 Å². The van der Waals surface area contributed by atoms with E-state index in [1.807, 2.05) is 0 Å². The lowest BCUT2D eigenvalue weighted by Gasteiger charge is -1.98. The van der Waals surface area contributed by atoms with Gasteiger partial charge in [-0.25, -0.2) is 17.8 Å². The average Bonchev–Trinajstić information content (AvgIpc) is 2.71. The van der Waals surface area contributed by atoms with Crippen molar-refractivity contribution >= 4 is 9.84 Å². The van der Waals surface area contributed by atoms with Crippen LogP contribution >= 0.6 is 0 Å². The zero-order chi connectivity index (χ0) is 10.9. The predicted octanol–water partition coefficient (Wildman–Crippen LogP) is 1.65. The second-order valence-corrected chi connectivity index (χ2v) is 4.58. The number of hydrogen-bond acceptors (Lipinski definition) is 4. The highest BCUT2D eigenvalue weighted by Gasteiger charge is 2.22. The Labute approximate surface area is 85.3 Å². The van der Waals surface area contributed by atoms with Gasteiger partial charge in [0.15, 0.2) is 0 Å². The molecule has 1 heterocycles. The van der Waals surface area contributed by atoms with Crippen LogP contribution in [0.4, 0.5) is 4.39 Å². The summed E-state index contributed by atoms with van der Waals surface area (Å²) < 4.78 is 40.7. The number of oxazole rings is 1. The first-order valence-corrected chi connectivity index (χ1v) is 5.49. The van der Waals surface area contributed by atoms with Gasteiger partial charge in [-0.15, -0.1) is 0 Å². The molecule has 0 aliphatic rings. The second-order valence-electron chi connectivity index (χ2n) is 2.76. The van der Waals surface area contributed by atoms with Crippen molar-refractivity contribution in [3.63, 3.8) is 0 Å². The van der Waals surface area contributed by atoms with Gasteiger partial charge in [0, 0.05) is 0 Å². The molecule has 0 fully saturated rings. The zero-order valence-electron chi connectivity index (χ0n) is 7.42. The molecule has 0 saturated heterocycles. The van der Waals surface area contributed by atoms with E-state index in [4.69, 9.17) is 4.42 Å². The van der Waals surface area contributed by atoms with Crippen LogP contribution in [-0.2, 0) is 9.84 Å². The fourth-order valence-corrected chi connectivity index (χ4v) is 2.14. The van der Waals surface area contributed by atoms with Crippen molar-refractivity contribution in [1.82, 2.24) is 4.98 Å². The second kappa shape index (κ2) is 3.47. The molecular formula is C9H6FNO3S. The van der Waals surface area contributed by atoms with E-state index in [9.17, 15) is 12.8 Å². The SMILES string of the molecule is O=S(=O)(c1ccc(F)cc1)c1ncco1. The maximum Gasteiger partial charge on any atom is 0.319 e. The van der Waals surface area contributed by atoms with Crippen LogP contribution in [0.3, 0.4) is 0 Å². The van der Waals surface area contributed by atoms with E-state index in [0.29, 0.717) is 0 Å². The largest absolute Gasteiger partial charge is 0.436 e. The van der Waals surface area contributed by atoms with Crippen molar-refractivity contribution in [2.24, 2.45) is 0 Å². The summed E-state index contributed by atoms with van der Waals surface area (Å²) in [6.45, 7) is 0. The molecule has 15 heavy (non-hydrogen) atoms. The topological polar surface area (TPSA) is 60.2 Å². The van der Waals surface area contributed by atoms with Crippen molar-refractivity contribution < 1.29 is 17.2 Å². The fraction of sp³-hybridized carbons (Fsp3) is 0. The smallest absolute Gasteiger partial charge is 0.319 e. The molecule has 0 saturated carbocycles. The molecule has 78 valence electrons. The number of benzene rings is 1. The summed E-state index contributed by atoms with van der Waals surface area (Å²) >= 11 is 0. The molecule has 0 atom stereocenters. The Morgan fingerprint density at radius 3 is 2.40 bits per heavy atom. The summed E-state index contributed by atoms with van der Waals surface area (Å²) in [6, 6.07) is 4.45. The molecule has 1 aromatic carbocycles. The van der Waals surface area contributed by atoms with Crippen molar-refractivity contribution in [3.05, 3.63) is 42.5 Å². The molecule has 2 aromatic rings. The molecule has 0 unspecified atom stereocenters. The third-order valence-electron chi connectivity index (χ3n) is 1.76. The lowest BCUT2D eigenvalue weighted by Crippen LogP contribution is -2.01. The van der Waals surface area contributed by atoms with Crippen LogP contribution in [0.15, 0.2) is 51.3 Å². The third-order valence-corrected chi connectivity index (χ3v) is 3.32. The molecule has 0 radical (unpaired) electrons. The summed E-state index contributed by atoms with van der Waals surface area (Å²) in [6.07, 6.45) is 2.40. The molecule has 0 spiro atoms. The summed E-state index contributed by atoms with van der Waals surface area (Å²) in [5.74, 6) is -0.499. The highest BCUT2D eigenvalue weighted by atomic mass is 32.2. The number of rotatable bonds is 2. The lowest BCUT2D eigenvalue weighted by atomic mass is 10.4. The molecule has 1 aromatic heterocycles. The number of hydrogen-bond donors (Lipinski definition) is 0. The van der Waals surface area contributed by atoms with E-state index in [-0.39, 0.29) is 4.90 Å². The van der Waals surface area contributed by atoms with E-state index < -0.39 is 20.9 Å². The van der Waals surface area contributed by atoms with Gasteiger partial charge >= 0.3 is 5.22 Å². The van der Waals surface area contributed by atoms with E-state index >= 15 is 0 Å². The number of aromatic nitrogens is 1. The van der Waals surface area contributed by atoms with Gasteiger partial charge in [-0.05, 0) is 24.3 Å². The Bertz CT molecular complexity index is 546. The van der Waals surface area contributed by atoms with Gasteiger partial charge < -0.3 is 4.42 Å². The Hall–Kier alpha value is -1.69. The van der Waals surface area contributed by atoms with E-state index in [0.717, 1.165) is 30.5 Å². The molecule has 0 amide bonds. The maximum atomic E-state index is 12.6. The van der Waals surface area contributed by atoms with E-state index in [1.54, 1.807) is 0 Å². The monoisotopic (exact) mass is 227 g/mol. The Kier molecular flexibility index (Phi) is 2.28. The van der Waals surface area contributed by atoms with Gasteiger partial charge in [-0.3, -0.25) is 0 Å². The first-order valence-electron chi connectivity index (χ1n) is 4.01. The highest BCUT2D eigenvalue weighted by Crippen LogP contribution is 2.18. The minimum Gasteiger partial charge on any atom is -0.436 e. The van der Waals surface area contributed by atoms with Crippen LogP contribution in [0.2, 0.25) is 0 Å². The maximum absolute atomic E-state index is 12.6. The summed E-state index contributed by atoms with van der Waals surface area (Å²) in [7, 11) is -3.76. The quantitative estimate of drug-likeness (QED) is 0.732. The molecule has 2 rings (SSSR count). The highest BCUT2D eigenvalue weighted by molar-refractivity contribution is 7.91. The number of sulfone groups is 1. The summed E-state index contributed by atoms with van der Waals surface area (Å²) in [5, 5.41) is -0.394. The summed E-state index contributed by atoms with van der Waals surface area (Å²) in [5.41, 5.74) is 0. The van der Waals surface area contributed by atoms with Crippen LogP contribution in [0.25, 0.3) is 0 Å². The minimum absolute atomic E-state index is 0.0497. The van der Waals surface area contributed by atoms with Crippen LogP contribution < -0.4 is 0 Å².